The summed E-state index contributed by atoms with van der Waals surface area (Å²) in [5.41, 5.74) is 8.90. The Morgan fingerprint density at radius 3 is 2.84 bits per heavy atom. The number of rotatable bonds is 5. The second kappa shape index (κ2) is 5.69. The van der Waals surface area contributed by atoms with Gasteiger partial charge in [0.25, 0.3) is 0 Å². The minimum absolute atomic E-state index is 0.119. The molecule has 19 heavy (non-hydrogen) atoms. The van der Waals surface area contributed by atoms with E-state index in [0.29, 0.717) is 13.0 Å². The Morgan fingerprint density at radius 1 is 1.32 bits per heavy atom. The Hall–Kier alpha value is -1.43. The Balaban J connectivity index is 1.76. The summed E-state index contributed by atoms with van der Waals surface area (Å²) in [6.45, 7) is 0.501. The Labute approximate surface area is 110 Å². The number of nitrogens with two attached hydrogens (primary N) is 1. The van der Waals surface area contributed by atoms with Crippen molar-refractivity contribution in [2.45, 2.75) is 19.0 Å². The molecule has 0 aromatic heterocycles. The first-order chi connectivity index (χ1) is 8.97. The number of anilines is 2. The van der Waals surface area contributed by atoms with Crippen LogP contribution in [0.4, 0.5) is 24.5 Å². The zero-order valence-electron chi connectivity index (χ0n) is 10.5. The number of benzene rings is 1. The topological polar surface area (TPSA) is 38.5 Å². The third-order valence-electron chi connectivity index (χ3n) is 3.14. The van der Waals surface area contributed by atoms with Crippen molar-refractivity contribution in [3.05, 3.63) is 23.8 Å². The van der Waals surface area contributed by atoms with E-state index in [1.807, 2.05) is 18.2 Å². The van der Waals surface area contributed by atoms with Crippen LogP contribution in [0.5, 0.6) is 0 Å². The van der Waals surface area contributed by atoms with Crippen LogP contribution in [0.3, 0.4) is 0 Å². The smallest absolute Gasteiger partial charge is 0.398 e. The summed E-state index contributed by atoms with van der Waals surface area (Å²) in [6.07, 6.45) is -2.77. The summed E-state index contributed by atoms with van der Waals surface area (Å²) < 4.78 is 40.2. The van der Waals surface area contributed by atoms with Crippen molar-refractivity contribution in [3.63, 3.8) is 0 Å². The SMILES string of the molecule is Nc1cccc2c1CCN2CCCOCC(F)(F)F. The van der Waals surface area contributed by atoms with Crippen LogP contribution in [0.2, 0.25) is 0 Å². The van der Waals surface area contributed by atoms with Crippen LogP contribution >= 0.6 is 0 Å². The molecule has 1 heterocycles. The van der Waals surface area contributed by atoms with Gasteiger partial charge in [0.1, 0.15) is 6.61 Å². The van der Waals surface area contributed by atoms with E-state index in [9.17, 15) is 13.2 Å². The van der Waals surface area contributed by atoms with E-state index in [0.717, 1.165) is 29.9 Å². The molecule has 1 aliphatic rings. The molecule has 0 aliphatic carbocycles. The van der Waals surface area contributed by atoms with Gasteiger partial charge < -0.3 is 15.4 Å². The molecule has 0 atom stereocenters. The molecule has 1 aromatic carbocycles. The summed E-state index contributed by atoms with van der Waals surface area (Å²) in [4.78, 5) is 2.14. The average Bonchev–Trinajstić information content (AvgIpc) is 2.72. The molecule has 0 saturated heterocycles. The fourth-order valence-electron chi connectivity index (χ4n) is 2.31. The van der Waals surface area contributed by atoms with E-state index >= 15 is 0 Å². The molecule has 0 radical (unpaired) electrons. The number of hydrogen-bond acceptors (Lipinski definition) is 3. The fraction of sp³-hybridized carbons (Fsp3) is 0.538. The molecule has 6 heteroatoms. The van der Waals surface area contributed by atoms with Gasteiger partial charge in [-0.1, -0.05) is 6.07 Å². The summed E-state index contributed by atoms with van der Waals surface area (Å²) >= 11 is 0. The first-order valence-electron chi connectivity index (χ1n) is 6.24. The maximum Gasteiger partial charge on any atom is 0.411 e. The Kier molecular flexibility index (Phi) is 4.19. The maximum absolute atomic E-state index is 11.9. The lowest BCUT2D eigenvalue weighted by molar-refractivity contribution is -0.173. The molecule has 2 rings (SSSR count). The van der Waals surface area contributed by atoms with Crippen LogP contribution < -0.4 is 10.6 Å². The standard InChI is InChI=1S/C13H17F3N2O/c14-13(15,16)9-19-8-2-6-18-7-5-10-11(17)3-1-4-12(10)18/h1,3-4H,2,5-9,17H2. The highest BCUT2D eigenvalue weighted by atomic mass is 19.4. The molecule has 3 nitrogen and oxygen atoms in total. The quantitative estimate of drug-likeness (QED) is 0.662. The van der Waals surface area contributed by atoms with Crippen LogP contribution in [0.25, 0.3) is 0 Å². The highest BCUT2D eigenvalue weighted by Crippen LogP contribution is 2.31. The van der Waals surface area contributed by atoms with Crippen LogP contribution in [-0.4, -0.2) is 32.5 Å². The zero-order chi connectivity index (χ0) is 13.9. The van der Waals surface area contributed by atoms with Crippen molar-refractivity contribution in [1.82, 2.24) is 0 Å². The molecule has 0 bridgehead atoms. The number of nitrogens with zero attached hydrogens (tertiary/aromatic N) is 1. The van der Waals surface area contributed by atoms with Crippen LogP contribution in [0.15, 0.2) is 18.2 Å². The normalized spacial score (nSPS) is 14.8. The maximum atomic E-state index is 11.9. The summed E-state index contributed by atoms with van der Waals surface area (Å²) in [5, 5.41) is 0. The number of alkyl halides is 3. The third-order valence-corrected chi connectivity index (χ3v) is 3.14. The van der Waals surface area contributed by atoms with E-state index in [1.54, 1.807) is 0 Å². The van der Waals surface area contributed by atoms with Crippen molar-refractivity contribution < 1.29 is 17.9 Å². The molecule has 1 aliphatic heterocycles. The lowest BCUT2D eigenvalue weighted by Crippen LogP contribution is -2.24. The average molecular weight is 274 g/mol. The zero-order valence-corrected chi connectivity index (χ0v) is 10.5. The lowest BCUT2D eigenvalue weighted by atomic mass is 10.1. The predicted octanol–water partition coefficient (Wildman–Crippen LogP) is 2.60. The molecule has 0 unspecified atom stereocenters. The number of halogens is 3. The summed E-state index contributed by atoms with van der Waals surface area (Å²) in [6, 6.07) is 5.76. The van der Waals surface area contributed by atoms with Crippen molar-refractivity contribution in [3.8, 4) is 0 Å². The van der Waals surface area contributed by atoms with Crippen LogP contribution in [-0.2, 0) is 11.2 Å². The van der Waals surface area contributed by atoms with Crippen LogP contribution in [0.1, 0.15) is 12.0 Å². The second-order valence-corrected chi connectivity index (χ2v) is 4.60. The molecule has 0 amide bonds. The number of fused-ring (bicyclic) bond motifs is 1. The van der Waals surface area contributed by atoms with Gasteiger partial charge in [0.05, 0.1) is 0 Å². The van der Waals surface area contributed by atoms with E-state index in [4.69, 9.17) is 5.73 Å². The van der Waals surface area contributed by atoms with Gasteiger partial charge >= 0.3 is 6.18 Å². The highest BCUT2D eigenvalue weighted by Gasteiger charge is 2.27. The predicted molar refractivity (Wildman–Crippen MR) is 68.3 cm³/mol. The summed E-state index contributed by atoms with van der Waals surface area (Å²) in [5.74, 6) is 0. The first kappa shape index (κ1) is 14.0. The van der Waals surface area contributed by atoms with E-state index < -0.39 is 12.8 Å². The van der Waals surface area contributed by atoms with E-state index in [2.05, 4.69) is 9.64 Å². The Morgan fingerprint density at radius 2 is 2.11 bits per heavy atom. The highest BCUT2D eigenvalue weighted by molar-refractivity contribution is 5.68. The van der Waals surface area contributed by atoms with Crippen molar-refractivity contribution >= 4 is 11.4 Å². The molecular weight excluding hydrogens is 257 g/mol. The van der Waals surface area contributed by atoms with E-state index in [1.165, 1.54) is 0 Å². The first-order valence-corrected chi connectivity index (χ1v) is 6.24. The monoisotopic (exact) mass is 274 g/mol. The fourth-order valence-corrected chi connectivity index (χ4v) is 2.31. The third kappa shape index (κ3) is 3.76. The summed E-state index contributed by atoms with van der Waals surface area (Å²) in [7, 11) is 0. The largest absolute Gasteiger partial charge is 0.411 e. The number of nitrogen functional groups attached to an aromatic ring is 1. The Bertz CT molecular complexity index is 434. The molecule has 0 spiro atoms. The minimum Gasteiger partial charge on any atom is -0.398 e. The molecule has 2 N–H and O–H groups in total. The van der Waals surface area contributed by atoms with Gasteiger partial charge in [0.15, 0.2) is 0 Å². The van der Waals surface area contributed by atoms with Crippen molar-refractivity contribution in [2.75, 3.05) is 36.9 Å². The molecule has 106 valence electrons. The minimum atomic E-state index is -4.24. The van der Waals surface area contributed by atoms with Crippen molar-refractivity contribution in [1.29, 1.82) is 0 Å². The molecule has 1 aromatic rings. The van der Waals surface area contributed by atoms with Gasteiger partial charge in [-0.15, -0.1) is 0 Å². The second-order valence-electron chi connectivity index (χ2n) is 4.60. The van der Waals surface area contributed by atoms with E-state index in [-0.39, 0.29) is 6.61 Å². The van der Waals surface area contributed by atoms with Gasteiger partial charge in [-0.25, -0.2) is 0 Å². The van der Waals surface area contributed by atoms with Gasteiger partial charge in [-0.2, -0.15) is 13.2 Å². The van der Waals surface area contributed by atoms with Crippen molar-refractivity contribution in [2.24, 2.45) is 0 Å². The number of ether oxygens (including phenoxy) is 1. The van der Waals surface area contributed by atoms with Crippen LogP contribution in [0, 0.1) is 0 Å². The molecule has 0 saturated carbocycles. The molecule has 0 fully saturated rings. The van der Waals surface area contributed by atoms with Gasteiger partial charge in [0, 0.05) is 36.6 Å². The van der Waals surface area contributed by atoms with Gasteiger partial charge in [-0.05, 0) is 25.0 Å². The van der Waals surface area contributed by atoms with Gasteiger partial charge in [-0.3, -0.25) is 0 Å². The lowest BCUT2D eigenvalue weighted by Gasteiger charge is -2.19. The molecular formula is C13H17F3N2O. The van der Waals surface area contributed by atoms with Gasteiger partial charge in [0.2, 0.25) is 0 Å². The number of hydrogen-bond donors (Lipinski definition) is 1.